The molecule has 35 heavy (non-hydrogen) atoms. The summed E-state index contributed by atoms with van der Waals surface area (Å²) < 4.78 is 37.6. The summed E-state index contributed by atoms with van der Waals surface area (Å²) in [6, 6.07) is 18.2. The molecule has 0 aliphatic rings. The first-order valence-electron chi connectivity index (χ1n) is 11.3. The van der Waals surface area contributed by atoms with E-state index in [2.05, 4.69) is 37.5 Å². The maximum atomic E-state index is 13.4. The highest BCUT2D eigenvalue weighted by molar-refractivity contribution is 7.89. The van der Waals surface area contributed by atoms with Gasteiger partial charge in [-0.15, -0.1) is 0 Å². The number of fused-ring (bicyclic) bond motifs is 1. The third kappa shape index (κ3) is 5.34. The molecule has 0 saturated carbocycles. The molecule has 1 aromatic heterocycles. The normalized spacial score (nSPS) is 12.4. The fourth-order valence-corrected chi connectivity index (χ4v) is 5.86. The van der Waals surface area contributed by atoms with Gasteiger partial charge in [-0.25, -0.2) is 8.42 Å². The Bertz CT molecular complexity index is 1430. The molecule has 0 spiro atoms. The quantitative estimate of drug-likeness (QED) is 0.344. The highest BCUT2D eigenvalue weighted by Crippen LogP contribution is 2.26. The SMILES string of the molecule is CCN(CC)c1ccc(NC(=O)C(NS(=O)(=O)c2cccc3nsnc23)c2ccccc2)c(C)c1. The topological polar surface area (TPSA) is 104 Å². The number of hydrogen-bond acceptors (Lipinski definition) is 7. The van der Waals surface area contributed by atoms with E-state index in [-0.39, 0.29) is 10.4 Å². The largest absolute Gasteiger partial charge is 0.372 e. The van der Waals surface area contributed by atoms with E-state index in [1.807, 2.05) is 31.2 Å². The van der Waals surface area contributed by atoms with Gasteiger partial charge in [-0.2, -0.15) is 13.5 Å². The van der Waals surface area contributed by atoms with Crippen molar-refractivity contribution in [3.8, 4) is 0 Å². The van der Waals surface area contributed by atoms with Gasteiger partial charge in [0.25, 0.3) is 0 Å². The number of rotatable bonds is 9. The van der Waals surface area contributed by atoms with Gasteiger partial charge in [0.05, 0.1) is 11.7 Å². The number of amides is 1. The van der Waals surface area contributed by atoms with Crippen LogP contribution in [0, 0.1) is 6.92 Å². The summed E-state index contributed by atoms with van der Waals surface area (Å²) in [6.45, 7) is 7.85. The predicted molar refractivity (Wildman–Crippen MR) is 140 cm³/mol. The average Bonchev–Trinajstić information content (AvgIpc) is 3.34. The van der Waals surface area contributed by atoms with Crippen molar-refractivity contribution in [3.63, 3.8) is 0 Å². The lowest BCUT2D eigenvalue weighted by Gasteiger charge is -2.23. The summed E-state index contributed by atoms with van der Waals surface area (Å²) in [5.41, 5.74) is 3.86. The van der Waals surface area contributed by atoms with Gasteiger partial charge in [0.15, 0.2) is 0 Å². The van der Waals surface area contributed by atoms with Crippen LogP contribution in [0.1, 0.15) is 31.0 Å². The van der Waals surface area contributed by atoms with E-state index in [4.69, 9.17) is 0 Å². The zero-order valence-electron chi connectivity index (χ0n) is 19.7. The van der Waals surface area contributed by atoms with Crippen molar-refractivity contribution < 1.29 is 13.2 Å². The van der Waals surface area contributed by atoms with E-state index in [1.165, 1.54) is 6.07 Å². The molecule has 4 aromatic rings. The van der Waals surface area contributed by atoms with E-state index in [0.717, 1.165) is 36.1 Å². The second-order valence-electron chi connectivity index (χ2n) is 8.01. The number of aromatic nitrogens is 2. The number of anilines is 2. The highest BCUT2D eigenvalue weighted by Gasteiger charge is 2.29. The van der Waals surface area contributed by atoms with Crippen LogP contribution < -0.4 is 14.9 Å². The molecule has 3 aromatic carbocycles. The minimum atomic E-state index is -4.09. The van der Waals surface area contributed by atoms with E-state index >= 15 is 0 Å². The summed E-state index contributed by atoms with van der Waals surface area (Å²) in [5.74, 6) is -0.484. The van der Waals surface area contributed by atoms with Gasteiger partial charge in [0, 0.05) is 24.5 Å². The van der Waals surface area contributed by atoms with Gasteiger partial charge in [-0.3, -0.25) is 4.79 Å². The lowest BCUT2D eigenvalue weighted by atomic mass is 10.1. The second kappa shape index (κ2) is 10.5. The molecule has 0 bridgehead atoms. The second-order valence-corrected chi connectivity index (χ2v) is 10.2. The molecule has 2 N–H and O–H groups in total. The molecule has 0 saturated heterocycles. The van der Waals surface area contributed by atoms with Crippen molar-refractivity contribution in [2.24, 2.45) is 0 Å². The number of nitrogens with zero attached hydrogens (tertiary/aromatic N) is 3. The Morgan fingerprint density at radius 3 is 2.43 bits per heavy atom. The molecule has 1 atom stereocenters. The lowest BCUT2D eigenvalue weighted by molar-refractivity contribution is -0.117. The first-order valence-corrected chi connectivity index (χ1v) is 13.5. The summed E-state index contributed by atoms with van der Waals surface area (Å²) in [6.07, 6.45) is 0. The van der Waals surface area contributed by atoms with E-state index in [1.54, 1.807) is 36.4 Å². The molecule has 8 nitrogen and oxygen atoms in total. The van der Waals surface area contributed by atoms with Crippen molar-refractivity contribution in [2.45, 2.75) is 31.7 Å². The van der Waals surface area contributed by atoms with Crippen LogP contribution in [0.2, 0.25) is 0 Å². The Morgan fingerprint density at radius 2 is 1.74 bits per heavy atom. The van der Waals surface area contributed by atoms with E-state index in [0.29, 0.717) is 16.8 Å². The first-order chi connectivity index (χ1) is 16.8. The number of hydrogen-bond donors (Lipinski definition) is 2. The fourth-order valence-electron chi connectivity index (χ4n) is 3.91. The monoisotopic (exact) mass is 509 g/mol. The van der Waals surface area contributed by atoms with Crippen molar-refractivity contribution in [2.75, 3.05) is 23.3 Å². The molecule has 1 heterocycles. The van der Waals surface area contributed by atoms with Crippen molar-refractivity contribution in [1.29, 1.82) is 0 Å². The number of benzene rings is 3. The van der Waals surface area contributed by atoms with Crippen LogP contribution in [0.4, 0.5) is 11.4 Å². The molecule has 0 aliphatic carbocycles. The molecule has 4 rings (SSSR count). The van der Waals surface area contributed by atoms with E-state index in [9.17, 15) is 13.2 Å². The summed E-state index contributed by atoms with van der Waals surface area (Å²) in [7, 11) is -4.09. The molecule has 1 unspecified atom stereocenters. The molecular formula is C25H27N5O3S2. The molecule has 182 valence electrons. The zero-order valence-corrected chi connectivity index (χ0v) is 21.4. The Morgan fingerprint density at radius 1 is 1.00 bits per heavy atom. The third-order valence-corrected chi connectivity index (χ3v) is 7.80. The number of nitrogens with one attached hydrogen (secondary N) is 2. The molecule has 0 aliphatic heterocycles. The van der Waals surface area contributed by atoms with Crippen molar-refractivity contribution in [1.82, 2.24) is 13.5 Å². The van der Waals surface area contributed by atoms with Gasteiger partial charge < -0.3 is 10.2 Å². The molecule has 0 fully saturated rings. The Balaban J connectivity index is 1.65. The van der Waals surface area contributed by atoms with Gasteiger partial charge in [0.2, 0.25) is 15.9 Å². The van der Waals surface area contributed by atoms with Crippen LogP contribution in [-0.2, 0) is 14.8 Å². The van der Waals surface area contributed by atoms with E-state index < -0.39 is 22.0 Å². The van der Waals surface area contributed by atoms with Crippen LogP contribution >= 0.6 is 11.7 Å². The Labute approximate surface area is 209 Å². The first kappa shape index (κ1) is 24.8. The third-order valence-electron chi connectivity index (χ3n) is 5.80. The fraction of sp³-hybridized carbons (Fsp3) is 0.240. The Kier molecular flexibility index (Phi) is 7.44. The van der Waals surface area contributed by atoms with Crippen molar-refractivity contribution in [3.05, 3.63) is 77.9 Å². The zero-order chi connectivity index (χ0) is 25.0. The van der Waals surface area contributed by atoms with Crippen LogP contribution in [0.15, 0.2) is 71.6 Å². The number of aryl methyl sites for hydroxylation is 1. The van der Waals surface area contributed by atoms with Crippen LogP contribution in [-0.4, -0.2) is 36.2 Å². The standard InChI is InChI=1S/C25H27N5O3S2/c1-4-30(5-2)19-14-15-20(17(3)16-19)26-25(31)23(18-10-7-6-8-11-18)29-35(32,33)22-13-9-12-21-24(22)28-34-27-21/h6-16,23,29H,4-5H2,1-3H3,(H,26,31). The maximum Gasteiger partial charge on any atom is 0.247 e. The van der Waals surface area contributed by atoms with Gasteiger partial charge in [0.1, 0.15) is 22.0 Å². The number of carbonyl (C=O) groups excluding carboxylic acids is 1. The lowest BCUT2D eigenvalue weighted by Crippen LogP contribution is -2.37. The average molecular weight is 510 g/mol. The summed E-state index contributed by atoms with van der Waals surface area (Å²) in [5, 5.41) is 2.91. The molecule has 0 radical (unpaired) electrons. The van der Waals surface area contributed by atoms with Crippen LogP contribution in [0.3, 0.4) is 0 Å². The van der Waals surface area contributed by atoms with Crippen LogP contribution in [0.25, 0.3) is 11.0 Å². The van der Waals surface area contributed by atoms with Crippen molar-refractivity contribution >= 4 is 50.1 Å². The van der Waals surface area contributed by atoms with Crippen LogP contribution in [0.5, 0.6) is 0 Å². The predicted octanol–water partition coefficient (Wildman–Crippen LogP) is 4.50. The smallest absolute Gasteiger partial charge is 0.247 e. The minimum Gasteiger partial charge on any atom is -0.372 e. The molecule has 1 amide bonds. The summed E-state index contributed by atoms with van der Waals surface area (Å²) >= 11 is 0.939. The molecular weight excluding hydrogens is 482 g/mol. The summed E-state index contributed by atoms with van der Waals surface area (Å²) in [4.78, 5) is 15.6. The Hall–Kier alpha value is -3.34. The maximum absolute atomic E-state index is 13.4. The highest BCUT2D eigenvalue weighted by atomic mass is 32.2. The number of carbonyl (C=O) groups is 1. The molecule has 10 heteroatoms. The number of sulfonamides is 1. The van der Waals surface area contributed by atoms with Gasteiger partial charge >= 0.3 is 0 Å². The minimum absolute atomic E-state index is 0.0164. The van der Waals surface area contributed by atoms with Gasteiger partial charge in [-0.05, 0) is 62.2 Å². The van der Waals surface area contributed by atoms with Gasteiger partial charge in [-0.1, -0.05) is 36.4 Å².